The molecule has 4 aromatic rings. The molecule has 0 bridgehead atoms. The third kappa shape index (κ3) is 4.59. The van der Waals surface area contributed by atoms with Crippen molar-refractivity contribution in [3.63, 3.8) is 0 Å². The molecule has 32 heavy (non-hydrogen) atoms. The minimum absolute atomic E-state index is 0.0548. The normalized spacial score (nSPS) is 11.5. The molecule has 10 nitrogen and oxygen atoms in total. The first-order valence-corrected chi connectivity index (χ1v) is 9.48. The fraction of sp³-hybridized carbons (Fsp3) is 0.0909. The molecule has 0 fully saturated rings. The van der Waals surface area contributed by atoms with Crippen molar-refractivity contribution in [2.75, 3.05) is 0 Å². The molecule has 0 spiro atoms. The van der Waals surface area contributed by atoms with Crippen molar-refractivity contribution in [2.24, 2.45) is 0 Å². The standard InChI is InChI=1S/C22H16N4O6/c1-14(19-24-25-20(32-19)15-9-11-16(12-10-15)26(28)29)30-22(27)18-8-5-13-23-21(18)31-17-6-3-2-4-7-17/h2-14H,1H3. The van der Waals surface area contributed by atoms with Gasteiger partial charge in [0.05, 0.1) is 4.92 Å². The molecule has 1 unspecified atom stereocenters. The van der Waals surface area contributed by atoms with Crippen LogP contribution >= 0.6 is 0 Å². The highest BCUT2D eigenvalue weighted by atomic mass is 16.6. The maximum atomic E-state index is 12.7. The molecule has 4 rings (SSSR count). The number of rotatable bonds is 7. The maximum absolute atomic E-state index is 12.7. The predicted molar refractivity (Wildman–Crippen MR) is 111 cm³/mol. The molecule has 2 aromatic heterocycles. The van der Waals surface area contributed by atoms with Crippen LogP contribution < -0.4 is 4.74 Å². The first kappa shape index (κ1) is 20.7. The van der Waals surface area contributed by atoms with E-state index < -0.39 is 17.0 Å². The highest BCUT2D eigenvalue weighted by Crippen LogP contribution is 2.27. The average molecular weight is 432 g/mol. The van der Waals surface area contributed by atoms with E-state index in [-0.39, 0.29) is 28.9 Å². The summed E-state index contributed by atoms with van der Waals surface area (Å²) in [6.45, 7) is 1.58. The number of esters is 1. The Morgan fingerprint density at radius 1 is 1.03 bits per heavy atom. The molecule has 0 saturated heterocycles. The van der Waals surface area contributed by atoms with Gasteiger partial charge in [-0.1, -0.05) is 18.2 Å². The summed E-state index contributed by atoms with van der Waals surface area (Å²) >= 11 is 0. The Morgan fingerprint density at radius 3 is 2.50 bits per heavy atom. The van der Waals surface area contributed by atoms with Gasteiger partial charge in [-0.25, -0.2) is 9.78 Å². The molecule has 160 valence electrons. The number of carbonyl (C=O) groups is 1. The van der Waals surface area contributed by atoms with Crippen molar-refractivity contribution < 1.29 is 23.6 Å². The number of carbonyl (C=O) groups excluding carboxylic acids is 1. The molecule has 0 aliphatic carbocycles. The quantitative estimate of drug-likeness (QED) is 0.230. The number of benzene rings is 2. The second-order valence-corrected chi connectivity index (χ2v) is 6.57. The number of hydrogen-bond acceptors (Lipinski definition) is 9. The van der Waals surface area contributed by atoms with Gasteiger partial charge in [0.15, 0.2) is 6.10 Å². The summed E-state index contributed by atoms with van der Waals surface area (Å²) in [5.41, 5.74) is 0.581. The fourth-order valence-corrected chi connectivity index (χ4v) is 2.74. The minimum Gasteiger partial charge on any atom is -0.449 e. The van der Waals surface area contributed by atoms with Crippen LogP contribution in [0.25, 0.3) is 11.5 Å². The van der Waals surface area contributed by atoms with Gasteiger partial charge in [0.1, 0.15) is 11.3 Å². The summed E-state index contributed by atoms with van der Waals surface area (Å²) < 4.78 is 16.7. The lowest BCUT2D eigenvalue weighted by Gasteiger charge is -2.12. The zero-order valence-electron chi connectivity index (χ0n) is 16.7. The molecule has 0 amide bonds. The molecule has 1 atom stereocenters. The lowest BCUT2D eigenvalue weighted by molar-refractivity contribution is -0.384. The maximum Gasteiger partial charge on any atom is 0.344 e. The average Bonchev–Trinajstić information content (AvgIpc) is 3.31. The lowest BCUT2D eigenvalue weighted by atomic mass is 10.2. The first-order chi connectivity index (χ1) is 15.5. The van der Waals surface area contributed by atoms with Gasteiger partial charge in [-0.15, -0.1) is 10.2 Å². The number of para-hydroxylation sites is 1. The van der Waals surface area contributed by atoms with E-state index in [1.165, 1.54) is 36.5 Å². The van der Waals surface area contributed by atoms with Crippen molar-refractivity contribution >= 4 is 11.7 Å². The van der Waals surface area contributed by atoms with Crippen LogP contribution in [0, 0.1) is 10.1 Å². The van der Waals surface area contributed by atoms with E-state index in [9.17, 15) is 14.9 Å². The summed E-state index contributed by atoms with van der Waals surface area (Å²) in [5.74, 6) is 0.172. The van der Waals surface area contributed by atoms with Crippen molar-refractivity contribution in [1.29, 1.82) is 0 Å². The van der Waals surface area contributed by atoms with E-state index in [0.717, 1.165) is 0 Å². The Labute approximate surface area is 181 Å². The monoisotopic (exact) mass is 432 g/mol. The van der Waals surface area contributed by atoms with Crippen LogP contribution in [0.3, 0.4) is 0 Å². The second kappa shape index (κ2) is 9.04. The van der Waals surface area contributed by atoms with Gasteiger partial charge in [-0.2, -0.15) is 0 Å². The number of non-ortho nitro benzene ring substituents is 1. The van der Waals surface area contributed by atoms with Crippen LogP contribution in [0.4, 0.5) is 5.69 Å². The summed E-state index contributed by atoms with van der Waals surface area (Å²) in [7, 11) is 0. The van der Waals surface area contributed by atoms with Gasteiger partial charge in [0, 0.05) is 23.9 Å². The van der Waals surface area contributed by atoms with Crippen LogP contribution in [0.1, 0.15) is 29.3 Å². The number of ether oxygens (including phenoxy) is 2. The highest BCUT2D eigenvalue weighted by molar-refractivity contribution is 5.92. The first-order valence-electron chi connectivity index (χ1n) is 9.48. The Balaban J connectivity index is 1.47. The molecule has 10 heteroatoms. The van der Waals surface area contributed by atoms with E-state index in [4.69, 9.17) is 13.9 Å². The molecule has 0 radical (unpaired) electrons. The van der Waals surface area contributed by atoms with E-state index in [1.54, 1.807) is 37.3 Å². The van der Waals surface area contributed by atoms with Gasteiger partial charge >= 0.3 is 5.97 Å². The number of nitro groups is 1. The fourth-order valence-electron chi connectivity index (χ4n) is 2.74. The zero-order chi connectivity index (χ0) is 22.5. The Morgan fingerprint density at radius 2 is 1.78 bits per heavy atom. The van der Waals surface area contributed by atoms with Gasteiger partial charge < -0.3 is 13.9 Å². The van der Waals surface area contributed by atoms with E-state index in [0.29, 0.717) is 11.3 Å². The summed E-state index contributed by atoms with van der Waals surface area (Å²) in [4.78, 5) is 27.1. The predicted octanol–water partition coefficient (Wildman–Crippen LogP) is 4.75. The molecule has 0 saturated carbocycles. The molecular formula is C22H16N4O6. The van der Waals surface area contributed by atoms with Crippen LogP contribution in [-0.4, -0.2) is 26.1 Å². The third-order valence-electron chi connectivity index (χ3n) is 4.35. The van der Waals surface area contributed by atoms with Gasteiger partial charge in [-0.3, -0.25) is 10.1 Å². The lowest BCUT2D eigenvalue weighted by Crippen LogP contribution is -2.11. The summed E-state index contributed by atoms with van der Waals surface area (Å²) in [6.07, 6.45) is 0.652. The molecule has 0 aliphatic heterocycles. The van der Waals surface area contributed by atoms with Crippen LogP contribution in [0.2, 0.25) is 0 Å². The van der Waals surface area contributed by atoms with Crippen molar-refractivity contribution in [3.05, 3.63) is 94.5 Å². The summed E-state index contributed by atoms with van der Waals surface area (Å²) in [6, 6.07) is 17.7. The number of pyridine rings is 1. The molecular weight excluding hydrogens is 416 g/mol. The number of nitrogens with zero attached hydrogens (tertiary/aromatic N) is 4. The van der Waals surface area contributed by atoms with Crippen molar-refractivity contribution in [1.82, 2.24) is 15.2 Å². The van der Waals surface area contributed by atoms with Gasteiger partial charge in [0.2, 0.25) is 11.8 Å². The minimum atomic E-state index is -0.855. The highest BCUT2D eigenvalue weighted by Gasteiger charge is 2.23. The number of nitro benzene ring substituents is 1. The largest absolute Gasteiger partial charge is 0.449 e. The molecule has 0 aliphatic rings. The number of aromatic nitrogens is 3. The van der Waals surface area contributed by atoms with Gasteiger partial charge in [-0.05, 0) is 43.3 Å². The Bertz CT molecular complexity index is 1240. The number of hydrogen-bond donors (Lipinski definition) is 0. The van der Waals surface area contributed by atoms with Gasteiger partial charge in [0.25, 0.3) is 11.6 Å². The summed E-state index contributed by atoms with van der Waals surface area (Å²) in [5, 5.41) is 18.6. The van der Waals surface area contributed by atoms with E-state index >= 15 is 0 Å². The molecule has 0 N–H and O–H groups in total. The zero-order valence-corrected chi connectivity index (χ0v) is 16.7. The van der Waals surface area contributed by atoms with Crippen LogP contribution in [-0.2, 0) is 4.74 Å². The second-order valence-electron chi connectivity index (χ2n) is 6.57. The third-order valence-corrected chi connectivity index (χ3v) is 4.35. The smallest absolute Gasteiger partial charge is 0.344 e. The topological polar surface area (TPSA) is 130 Å². The van der Waals surface area contributed by atoms with Crippen LogP contribution in [0.15, 0.2) is 77.3 Å². The molecule has 2 aromatic carbocycles. The van der Waals surface area contributed by atoms with Crippen LogP contribution in [0.5, 0.6) is 11.6 Å². The SMILES string of the molecule is CC(OC(=O)c1cccnc1Oc1ccccc1)c1nnc(-c2ccc([N+](=O)[O-])cc2)o1. The Kier molecular flexibility index (Phi) is 5.84. The van der Waals surface area contributed by atoms with E-state index in [2.05, 4.69) is 15.2 Å². The van der Waals surface area contributed by atoms with Crippen molar-refractivity contribution in [2.45, 2.75) is 13.0 Å². The molecule has 2 heterocycles. The van der Waals surface area contributed by atoms with E-state index in [1.807, 2.05) is 6.07 Å². The Hall–Kier alpha value is -4.60. The van der Waals surface area contributed by atoms with Crippen molar-refractivity contribution in [3.8, 4) is 23.1 Å².